The van der Waals surface area contributed by atoms with Gasteiger partial charge in [0.15, 0.2) is 12.4 Å². The molecule has 0 saturated carbocycles. The molecule has 1 aromatic carbocycles. The first-order chi connectivity index (χ1) is 18.1. The number of imide groups is 1. The maximum Gasteiger partial charge on any atom is 0.335 e. The van der Waals surface area contributed by atoms with Crippen LogP contribution in [0.5, 0.6) is 5.75 Å². The predicted molar refractivity (Wildman–Crippen MR) is 132 cm³/mol. The second kappa shape index (κ2) is 12.2. The molecule has 2 amide bonds. The largest absolute Gasteiger partial charge is 0.493 e. The van der Waals surface area contributed by atoms with Gasteiger partial charge in [-0.1, -0.05) is 30.0 Å². The van der Waals surface area contributed by atoms with Crippen molar-refractivity contribution in [3.63, 3.8) is 0 Å². The minimum absolute atomic E-state index is 0.273. The number of benzene rings is 1. The van der Waals surface area contributed by atoms with Crippen LogP contribution in [0.25, 0.3) is 0 Å². The van der Waals surface area contributed by atoms with Gasteiger partial charge in [-0.2, -0.15) is 0 Å². The molecule has 2 aromatic rings. The smallest absolute Gasteiger partial charge is 0.335 e. The molecule has 2 fully saturated rings. The summed E-state index contributed by atoms with van der Waals surface area (Å²) in [5, 5.41) is 40.5. The normalized spacial score (nSPS) is 28.1. The average Bonchev–Trinajstić information content (AvgIpc) is 3.21. The number of thioether (sulfide) groups is 1. The number of hydrogen-bond acceptors (Lipinski definition) is 11. The summed E-state index contributed by atoms with van der Waals surface area (Å²) in [6.45, 7) is 2.02. The van der Waals surface area contributed by atoms with Crippen LogP contribution in [0.4, 0.5) is 4.79 Å². The minimum atomic E-state index is -1.79. The number of aromatic nitrogens is 1. The number of carboxylic acids is 1. The van der Waals surface area contributed by atoms with E-state index in [-0.39, 0.29) is 11.1 Å². The van der Waals surface area contributed by atoms with Gasteiger partial charge < -0.3 is 34.6 Å². The lowest BCUT2D eigenvalue weighted by Gasteiger charge is -2.39. The summed E-state index contributed by atoms with van der Waals surface area (Å²) in [5.74, 6) is -1.10. The van der Waals surface area contributed by atoms with E-state index in [4.69, 9.17) is 19.3 Å². The maximum absolute atomic E-state index is 11.7. The van der Waals surface area contributed by atoms with E-state index in [0.29, 0.717) is 30.8 Å². The van der Waals surface area contributed by atoms with Gasteiger partial charge in [0, 0.05) is 18.3 Å². The Morgan fingerprint density at radius 1 is 1.11 bits per heavy atom. The Kier molecular flexibility index (Phi) is 8.97. The molecule has 2 aliphatic rings. The van der Waals surface area contributed by atoms with Gasteiger partial charge in [-0.05, 0) is 42.7 Å². The molecule has 3 heterocycles. The molecule has 13 heteroatoms. The highest BCUT2D eigenvalue weighted by atomic mass is 32.2. The van der Waals surface area contributed by atoms with Gasteiger partial charge in [-0.25, -0.2) is 4.79 Å². The summed E-state index contributed by atoms with van der Waals surface area (Å²) in [5.41, 5.74) is 2.30. The quantitative estimate of drug-likeness (QED) is 0.278. The van der Waals surface area contributed by atoms with Crippen LogP contribution in [0.1, 0.15) is 29.8 Å². The monoisotopic (exact) mass is 548 g/mol. The first-order valence-electron chi connectivity index (χ1n) is 11.9. The Balaban J connectivity index is 1.24. The zero-order valence-corrected chi connectivity index (χ0v) is 21.1. The van der Waals surface area contributed by atoms with Gasteiger partial charge in [-0.3, -0.25) is 19.9 Å². The van der Waals surface area contributed by atoms with E-state index < -0.39 is 48.0 Å². The number of aliphatic hydroxyl groups is 3. The summed E-state index contributed by atoms with van der Waals surface area (Å²) in [4.78, 5) is 38.6. The van der Waals surface area contributed by atoms with E-state index in [2.05, 4.69) is 10.3 Å². The average molecular weight is 549 g/mol. The van der Waals surface area contributed by atoms with Gasteiger partial charge in [0.05, 0.1) is 18.0 Å². The molecule has 4 rings (SSSR count). The predicted octanol–water partition coefficient (Wildman–Crippen LogP) is 0.567. The Morgan fingerprint density at radius 3 is 2.45 bits per heavy atom. The number of carbonyl (C=O) groups excluding carboxylic acids is 2. The van der Waals surface area contributed by atoms with E-state index in [1.807, 2.05) is 12.1 Å². The Morgan fingerprint density at radius 2 is 1.84 bits per heavy atom. The van der Waals surface area contributed by atoms with E-state index in [9.17, 15) is 29.7 Å². The van der Waals surface area contributed by atoms with Gasteiger partial charge in [-0.15, -0.1) is 0 Å². The number of hydrogen-bond donors (Lipinski definition) is 5. The fourth-order valence-corrected chi connectivity index (χ4v) is 4.87. The molecule has 2 saturated heterocycles. The summed E-state index contributed by atoms with van der Waals surface area (Å²) in [7, 11) is 0. The number of carboxylic acid groups (broad SMARTS) is 1. The Bertz CT molecular complexity index is 1150. The van der Waals surface area contributed by atoms with Gasteiger partial charge in [0.2, 0.25) is 5.91 Å². The number of carbonyl (C=O) groups is 3. The maximum atomic E-state index is 11.7. The summed E-state index contributed by atoms with van der Waals surface area (Å²) < 4.78 is 16.5. The summed E-state index contributed by atoms with van der Waals surface area (Å²) in [6.07, 6.45) is -6.46. The lowest BCUT2D eigenvalue weighted by molar-refractivity contribution is -0.304. The molecule has 0 radical (unpaired) electrons. The lowest BCUT2D eigenvalue weighted by Crippen LogP contribution is -2.60. The molecule has 0 aliphatic carbocycles. The summed E-state index contributed by atoms with van der Waals surface area (Å²) >= 11 is 0.993. The second-order valence-electron chi connectivity index (χ2n) is 8.93. The van der Waals surface area contributed by atoms with Crippen molar-refractivity contribution in [2.45, 2.75) is 61.8 Å². The number of nitrogens with zero attached hydrogens (tertiary/aromatic N) is 1. The minimum Gasteiger partial charge on any atom is -0.493 e. The fourth-order valence-electron chi connectivity index (χ4n) is 4.01. The van der Waals surface area contributed by atoms with Crippen molar-refractivity contribution in [1.82, 2.24) is 10.3 Å². The molecule has 0 spiro atoms. The van der Waals surface area contributed by atoms with Crippen molar-refractivity contribution in [3.8, 4) is 5.75 Å². The van der Waals surface area contributed by atoms with Crippen LogP contribution in [0.2, 0.25) is 0 Å². The number of nitrogens with one attached hydrogen (secondary N) is 1. The number of pyridine rings is 1. The highest BCUT2D eigenvalue weighted by molar-refractivity contribution is 8.15. The third-order valence-electron chi connectivity index (χ3n) is 6.21. The van der Waals surface area contributed by atoms with E-state index in [1.165, 1.54) is 0 Å². The SMILES string of the molecule is C[C@H](O[C@@H]1O[C@H](C(=O)O)[C@@H](O)[C@H](O)[C@H]1O)c1ccc(CCOc2ccc(C[C@H]3SC(=O)NC3=O)cc2)nc1. The van der Waals surface area contributed by atoms with Crippen LogP contribution in [0.15, 0.2) is 42.6 Å². The Hall–Kier alpha value is -3.07. The highest BCUT2D eigenvalue weighted by Gasteiger charge is 2.48. The third kappa shape index (κ3) is 6.67. The van der Waals surface area contributed by atoms with Gasteiger partial charge >= 0.3 is 5.97 Å². The zero-order chi connectivity index (χ0) is 27.4. The molecule has 5 N–H and O–H groups in total. The molecule has 0 bridgehead atoms. The van der Waals surface area contributed by atoms with Crippen molar-refractivity contribution in [2.24, 2.45) is 0 Å². The zero-order valence-electron chi connectivity index (χ0n) is 20.3. The van der Waals surface area contributed by atoms with Crippen LogP contribution in [-0.4, -0.2) is 85.1 Å². The fraction of sp³-hybridized carbons (Fsp3) is 0.440. The number of ether oxygens (including phenoxy) is 3. The van der Waals surface area contributed by atoms with Crippen molar-refractivity contribution in [2.75, 3.05) is 6.61 Å². The van der Waals surface area contributed by atoms with E-state index in [1.54, 1.807) is 37.4 Å². The molecule has 0 unspecified atom stereocenters. The Labute approximate surface area is 221 Å². The van der Waals surface area contributed by atoms with Crippen molar-refractivity contribution >= 4 is 28.9 Å². The molecule has 7 atom stereocenters. The molecule has 204 valence electrons. The van der Waals surface area contributed by atoms with Crippen LogP contribution in [0.3, 0.4) is 0 Å². The first-order valence-corrected chi connectivity index (χ1v) is 12.8. The second-order valence-corrected chi connectivity index (χ2v) is 10.1. The number of rotatable bonds is 10. The van der Waals surface area contributed by atoms with Crippen LogP contribution in [-0.2, 0) is 31.9 Å². The summed E-state index contributed by atoms with van der Waals surface area (Å²) in [6, 6.07) is 10.9. The molecule has 1 aromatic heterocycles. The van der Waals surface area contributed by atoms with Crippen LogP contribution in [0, 0.1) is 0 Å². The van der Waals surface area contributed by atoms with E-state index in [0.717, 1.165) is 23.0 Å². The molecule has 2 aliphatic heterocycles. The number of amides is 2. The van der Waals surface area contributed by atoms with Gasteiger partial charge in [0.25, 0.3) is 5.24 Å². The van der Waals surface area contributed by atoms with Crippen LogP contribution >= 0.6 is 11.8 Å². The molecule has 38 heavy (non-hydrogen) atoms. The van der Waals surface area contributed by atoms with Crippen molar-refractivity contribution in [1.29, 1.82) is 0 Å². The highest BCUT2D eigenvalue weighted by Crippen LogP contribution is 2.28. The molecular formula is C25H28N2O10S. The topological polar surface area (TPSA) is 185 Å². The van der Waals surface area contributed by atoms with E-state index >= 15 is 0 Å². The molecular weight excluding hydrogens is 520 g/mol. The number of aliphatic hydroxyl groups excluding tert-OH is 3. The standard InChI is InChI=1S/C25H28N2O10S/c1-12(36-24-20(30)18(28)19(29)21(37-24)23(32)33)14-4-5-15(26-11-14)8-9-35-16-6-2-13(3-7-16)10-17-22(31)27-25(34)38-17/h2-7,11-12,17-21,24,28-30H,8-10H2,1H3,(H,32,33)(H,27,31,34)/t12-,17+,18-,19-,20+,21-,24+/m0/s1. The van der Waals surface area contributed by atoms with Crippen molar-refractivity contribution < 1.29 is 49.0 Å². The first kappa shape index (κ1) is 28.0. The lowest BCUT2D eigenvalue weighted by atomic mass is 9.99. The third-order valence-corrected chi connectivity index (χ3v) is 7.19. The van der Waals surface area contributed by atoms with Crippen molar-refractivity contribution in [3.05, 3.63) is 59.4 Å². The van der Waals surface area contributed by atoms with Gasteiger partial charge in [0.1, 0.15) is 24.1 Å². The van der Waals surface area contributed by atoms with Crippen LogP contribution < -0.4 is 10.1 Å². The number of aliphatic carboxylic acids is 1. The molecule has 12 nitrogen and oxygen atoms in total.